The Balaban J connectivity index is 0.000000720. The van der Waals surface area contributed by atoms with E-state index in [0.29, 0.717) is 0 Å². The molecule has 0 bridgehead atoms. The van der Waals surface area contributed by atoms with Crippen LogP contribution in [-0.2, 0) is 0 Å². The zero-order chi connectivity index (χ0) is 7.68. The summed E-state index contributed by atoms with van der Waals surface area (Å²) >= 11 is 0. The summed E-state index contributed by atoms with van der Waals surface area (Å²) in [5, 5.41) is 1.29. The molecule has 1 saturated carbocycles. The van der Waals surface area contributed by atoms with Crippen LogP contribution in [0.15, 0.2) is 24.3 Å². The molecule has 0 spiro atoms. The molecule has 0 nitrogen and oxygen atoms in total. The fourth-order valence-corrected chi connectivity index (χ4v) is 1.70. The fourth-order valence-electron chi connectivity index (χ4n) is 1.51. The zero-order valence-electron chi connectivity index (χ0n) is 6.59. The van der Waals surface area contributed by atoms with Gasteiger partial charge in [-0.3, -0.25) is 0 Å². The van der Waals surface area contributed by atoms with Gasteiger partial charge in [-0.15, -0.1) is 9.24 Å². The maximum absolute atomic E-state index is 2.72. The predicted octanol–water partition coefficient (Wildman–Crippen LogP) is 3.09. The van der Waals surface area contributed by atoms with Crippen LogP contribution >= 0.6 is 9.24 Å². The van der Waals surface area contributed by atoms with Gasteiger partial charge in [0, 0.05) is 0 Å². The van der Waals surface area contributed by atoms with Crippen molar-refractivity contribution in [3.63, 3.8) is 0 Å². The van der Waals surface area contributed by atoms with Crippen molar-refractivity contribution in [1.82, 2.24) is 0 Å². The third-order valence-electron chi connectivity index (χ3n) is 2.51. The van der Waals surface area contributed by atoms with Gasteiger partial charge >= 0.3 is 0 Å². The van der Waals surface area contributed by atoms with Gasteiger partial charge < -0.3 is 0 Å². The normalized spacial score (nSPS) is 16.4. The summed E-state index contributed by atoms with van der Waals surface area (Å²) in [6.45, 7) is 0. The first-order valence-electron chi connectivity index (χ1n) is 4.22. The van der Waals surface area contributed by atoms with Gasteiger partial charge in [0.1, 0.15) is 0 Å². The van der Waals surface area contributed by atoms with Crippen molar-refractivity contribution >= 4 is 14.5 Å². The molecule has 0 heterocycles. The lowest BCUT2D eigenvalue weighted by Gasteiger charge is -2.25. The third kappa shape index (κ3) is 1.87. The van der Waals surface area contributed by atoms with Crippen LogP contribution in [0.4, 0.5) is 0 Å². The largest absolute Gasteiger partial charge is 0.106 e. The van der Waals surface area contributed by atoms with E-state index >= 15 is 0 Å². The first-order valence-corrected chi connectivity index (χ1v) is 4.79. The minimum atomic E-state index is 0. The number of hydrogen-bond donors (Lipinski definition) is 0. The molecule has 1 atom stereocenters. The number of hydrogen-bond acceptors (Lipinski definition) is 0. The summed E-state index contributed by atoms with van der Waals surface area (Å²) in [5.41, 5.74) is 1.53. The van der Waals surface area contributed by atoms with E-state index in [9.17, 15) is 0 Å². The second-order valence-corrected chi connectivity index (χ2v) is 3.96. The summed E-state index contributed by atoms with van der Waals surface area (Å²) in [5.74, 6) is 0.876. The van der Waals surface area contributed by atoms with Crippen molar-refractivity contribution in [2.24, 2.45) is 0 Å². The Hall–Kier alpha value is -0.350. The van der Waals surface area contributed by atoms with E-state index in [-0.39, 0.29) is 7.43 Å². The van der Waals surface area contributed by atoms with Crippen LogP contribution in [0.3, 0.4) is 0 Å². The number of rotatable bonds is 1. The van der Waals surface area contributed by atoms with Crippen LogP contribution < -0.4 is 5.30 Å². The lowest BCUT2D eigenvalue weighted by atomic mass is 9.80. The van der Waals surface area contributed by atoms with Crippen molar-refractivity contribution in [3.8, 4) is 0 Å². The highest BCUT2D eigenvalue weighted by atomic mass is 31.0. The van der Waals surface area contributed by atoms with Crippen LogP contribution in [0, 0.1) is 0 Å². The van der Waals surface area contributed by atoms with E-state index in [1.165, 1.54) is 30.1 Å². The molecule has 1 aromatic carbocycles. The van der Waals surface area contributed by atoms with Crippen molar-refractivity contribution in [2.45, 2.75) is 32.6 Å². The molecule has 1 fully saturated rings. The summed E-state index contributed by atoms with van der Waals surface area (Å²) in [6.07, 6.45) is 4.22. The molecule has 1 unspecified atom stereocenters. The summed E-state index contributed by atoms with van der Waals surface area (Å²) in [4.78, 5) is 0. The molecule has 0 N–H and O–H groups in total. The first kappa shape index (κ1) is 9.74. The van der Waals surface area contributed by atoms with Gasteiger partial charge in [0.25, 0.3) is 0 Å². The fraction of sp³-hybridized carbons (Fsp3) is 0.455. The van der Waals surface area contributed by atoms with E-state index in [0.717, 1.165) is 5.92 Å². The van der Waals surface area contributed by atoms with Crippen LogP contribution in [0.2, 0.25) is 0 Å². The van der Waals surface area contributed by atoms with E-state index in [2.05, 4.69) is 33.5 Å². The minimum absolute atomic E-state index is 0. The van der Waals surface area contributed by atoms with Gasteiger partial charge in [0.2, 0.25) is 0 Å². The molecule has 1 heteroatoms. The molecule has 1 aliphatic carbocycles. The monoisotopic (exact) mass is 180 g/mol. The lowest BCUT2D eigenvalue weighted by Crippen LogP contribution is -2.08. The maximum atomic E-state index is 2.72. The van der Waals surface area contributed by atoms with Crippen molar-refractivity contribution in [1.29, 1.82) is 0 Å². The molecule has 0 aromatic heterocycles. The Morgan fingerprint density at radius 3 is 2.08 bits per heavy atom. The Labute approximate surface area is 77.6 Å². The Morgan fingerprint density at radius 2 is 1.67 bits per heavy atom. The van der Waals surface area contributed by atoms with Crippen molar-refractivity contribution in [3.05, 3.63) is 29.8 Å². The van der Waals surface area contributed by atoms with E-state index in [1.54, 1.807) is 0 Å². The lowest BCUT2D eigenvalue weighted by molar-refractivity contribution is 0.420. The highest BCUT2D eigenvalue weighted by molar-refractivity contribution is 7.27. The Kier molecular flexibility index (Phi) is 3.29. The van der Waals surface area contributed by atoms with E-state index < -0.39 is 0 Å². The van der Waals surface area contributed by atoms with E-state index in [1.807, 2.05) is 0 Å². The highest BCUT2D eigenvalue weighted by Crippen LogP contribution is 2.35. The average molecular weight is 180 g/mol. The molecule has 1 aromatic rings. The standard InChI is InChI=1S/C10H13P.CH4/c11-10-6-4-9(5-7-10)8-2-1-3-8;/h4-8H,1-3,11H2;1H4. The molecular weight excluding hydrogens is 163 g/mol. The average Bonchev–Trinajstić information content (AvgIpc) is 1.90. The molecule has 0 radical (unpaired) electrons. The molecule has 12 heavy (non-hydrogen) atoms. The highest BCUT2D eigenvalue weighted by Gasteiger charge is 2.18. The Morgan fingerprint density at radius 1 is 1.08 bits per heavy atom. The molecule has 66 valence electrons. The van der Waals surface area contributed by atoms with Gasteiger partial charge in [-0.2, -0.15) is 0 Å². The van der Waals surface area contributed by atoms with Crippen LogP contribution in [0.5, 0.6) is 0 Å². The molecular formula is C11H17P. The second kappa shape index (κ2) is 4.05. The van der Waals surface area contributed by atoms with Gasteiger partial charge in [0.15, 0.2) is 0 Å². The molecule has 2 rings (SSSR count). The van der Waals surface area contributed by atoms with Gasteiger partial charge in [-0.25, -0.2) is 0 Å². The SMILES string of the molecule is C.Pc1ccc(C2CCC2)cc1. The second-order valence-electron chi connectivity index (χ2n) is 3.29. The van der Waals surface area contributed by atoms with Crippen LogP contribution in [0.1, 0.15) is 38.2 Å². The topological polar surface area (TPSA) is 0 Å². The third-order valence-corrected chi connectivity index (χ3v) is 2.90. The quantitative estimate of drug-likeness (QED) is 0.582. The minimum Gasteiger partial charge on any atom is -0.106 e. The maximum Gasteiger partial charge on any atom is -0.0162 e. The van der Waals surface area contributed by atoms with E-state index in [4.69, 9.17) is 0 Å². The smallest absolute Gasteiger partial charge is 0.0162 e. The summed E-state index contributed by atoms with van der Waals surface area (Å²) in [7, 11) is 2.72. The summed E-state index contributed by atoms with van der Waals surface area (Å²) in [6, 6.07) is 8.87. The zero-order valence-corrected chi connectivity index (χ0v) is 7.74. The molecule has 0 aliphatic heterocycles. The van der Waals surface area contributed by atoms with Gasteiger partial charge in [-0.05, 0) is 29.6 Å². The number of benzene rings is 1. The molecule has 1 aliphatic rings. The van der Waals surface area contributed by atoms with Gasteiger partial charge in [0.05, 0.1) is 0 Å². The molecule has 0 saturated heterocycles. The molecule has 0 amide bonds. The van der Waals surface area contributed by atoms with Crippen LogP contribution in [0.25, 0.3) is 0 Å². The van der Waals surface area contributed by atoms with Crippen molar-refractivity contribution < 1.29 is 0 Å². The predicted molar refractivity (Wildman–Crippen MR) is 59.1 cm³/mol. The van der Waals surface area contributed by atoms with Crippen LogP contribution in [-0.4, -0.2) is 0 Å². The van der Waals surface area contributed by atoms with Crippen molar-refractivity contribution in [2.75, 3.05) is 0 Å². The Bertz CT molecular complexity index is 234. The first-order chi connectivity index (χ1) is 5.36. The van der Waals surface area contributed by atoms with Gasteiger partial charge in [-0.1, -0.05) is 38.1 Å². The summed E-state index contributed by atoms with van der Waals surface area (Å²) < 4.78 is 0.